The van der Waals surface area contributed by atoms with Gasteiger partial charge in [-0.15, -0.1) is 0 Å². The van der Waals surface area contributed by atoms with Crippen LogP contribution in [0.2, 0.25) is 5.02 Å². The van der Waals surface area contributed by atoms with Gasteiger partial charge in [-0.1, -0.05) is 36.2 Å². The van der Waals surface area contributed by atoms with Crippen molar-refractivity contribution in [2.24, 2.45) is 11.1 Å². The summed E-state index contributed by atoms with van der Waals surface area (Å²) in [4.78, 5) is 43.0. The van der Waals surface area contributed by atoms with Crippen molar-refractivity contribution in [3.8, 4) is 0 Å². The Bertz CT molecular complexity index is 832. The van der Waals surface area contributed by atoms with Crippen molar-refractivity contribution in [2.75, 3.05) is 13.2 Å². The zero-order chi connectivity index (χ0) is 21.0. The molecule has 1 atom stereocenters. The van der Waals surface area contributed by atoms with Gasteiger partial charge < -0.3 is 9.57 Å². The van der Waals surface area contributed by atoms with Crippen molar-refractivity contribution in [3.63, 3.8) is 0 Å². The molecular weight excluding hydrogens is 394 g/mol. The van der Waals surface area contributed by atoms with E-state index in [0.717, 1.165) is 18.4 Å². The molecule has 29 heavy (non-hydrogen) atoms. The van der Waals surface area contributed by atoms with Gasteiger partial charge in [-0.2, -0.15) is 0 Å². The van der Waals surface area contributed by atoms with E-state index < -0.39 is 11.7 Å². The molecule has 0 radical (unpaired) electrons. The Balaban J connectivity index is 1.95. The molecule has 0 N–H and O–H groups in total. The van der Waals surface area contributed by atoms with Gasteiger partial charge in [0.15, 0.2) is 23.5 Å². The molecule has 1 aliphatic carbocycles. The number of benzene rings is 1. The van der Waals surface area contributed by atoms with Crippen LogP contribution in [0.5, 0.6) is 0 Å². The Kier molecular flexibility index (Phi) is 7.19. The zero-order valence-corrected chi connectivity index (χ0v) is 17.6. The predicted molar refractivity (Wildman–Crippen MR) is 110 cm³/mol. The smallest absolute Gasteiger partial charge is 0.182 e. The van der Waals surface area contributed by atoms with Gasteiger partial charge in [0.1, 0.15) is 5.92 Å². The Hall–Kier alpha value is -2.05. The van der Waals surface area contributed by atoms with Crippen molar-refractivity contribution in [1.29, 1.82) is 0 Å². The zero-order valence-electron chi connectivity index (χ0n) is 16.8. The number of oxime groups is 1. The van der Waals surface area contributed by atoms with Crippen molar-refractivity contribution in [1.82, 2.24) is 0 Å². The molecule has 1 saturated carbocycles. The van der Waals surface area contributed by atoms with Gasteiger partial charge in [0, 0.05) is 37.0 Å². The lowest BCUT2D eigenvalue weighted by atomic mass is 9.81. The highest BCUT2D eigenvalue weighted by Gasteiger charge is 2.38. The van der Waals surface area contributed by atoms with E-state index in [1.165, 1.54) is 0 Å². The number of nitrogens with zero attached hydrogens (tertiary/aromatic N) is 1. The summed E-state index contributed by atoms with van der Waals surface area (Å²) in [6, 6.07) is 3.47. The van der Waals surface area contributed by atoms with Gasteiger partial charge in [-0.05, 0) is 31.4 Å². The maximum atomic E-state index is 13.1. The second kappa shape index (κ2) is 9.63. The number of ether oxygens (including phenoxy) is 1. The Labute approximate surface area is 175 Å². The first-order valence-corrected chi connectivity index (χ1v) is 10.6. The molecule has 1 heterocycles. The third kappa shape index (κ3) is 4.59. The summed E-state index contributed by atoms with van der Waals surface area (Å²) in [6.07, 6.45) is 2.99. The van der Waals surface area contributed by atoms with Crippen LogP contribution in [0.4, 0.5) is 0 Å². The highest BCUT2D eigenvalue weighted by Crippen LogP contribution is 2.33. The molecular formula is C22H26ClNO5. The molecule has 1 fully saturated rings. The first kappa shape index (κ1) is 21.7. The van der Waals surface area contributed by atoms with Crippen LogP contribution in [-0.4, -0.2) is 42.4 Å². The molecule has 0 aromatic heterocycles. The summed E-state index contributed by atoms with van der Waals surface area (Å²) < 4.78 is 5.41. The van der Waals surface area contributed by atoms with E-state index in [-0.39, 0.29) is 41.1 Å². The highest BCUT2D eigenvalue weighted by atomic mass is 35.5. The maximum Gasteiger partial charge on any atom is 0.182 e. The summed E-state index contributed by atoms with van der Waals surface area (Å²) >= 11 is 6.68. The first-order valence-electron chi connectivity index (χ1n) is 10.2. The molecule has 0 bridgehead atoms. The van der Waals surface area contributed by atoms with Crippen molar-refractivity contribution in [2.45, 2.75) is 58.5 Å². The van der Waals surface area contributed by atoms with Gasteiger partial charge in [0.05, 0.1) is 17.3 Å². The third-order valence-electron chi connectivity index (χ3n) is 5.29. The van der Waals surface area contributed by atoms with E-state index in [1.54, 1.807) is 6.07 Å². The lowest BCUT2D eigenvalue weighted by molar-refractivity contribution is -0.133. The molecule has 0 spiro atoms. The molecule has 7 heteroatoms. The van der Waals surface area contributed by atoms with Gasteiger partial charge in [-0.3, -0.25) is 14.4 Å². The molecule has 3 rings (SSSR count). The first-order chi connectivity index (χ1) is 14.0. The van der Waals surface area contributed by atoms with Crippen LogP contribution in [0.25, 0.3) is 0 Å². The number of ketones is 3. The maximum absolute atomic E-state index is 13.1. The van der Waals surface area contributed by atoms with Crippen LogP contribution in [0.3, 0.4) is 0 Å². The van der Waals surface area contributed by atoms with Gasteiger partial charge in [-0.25, -0.2) is 0 Å². The van der Waals surface area contributed by atoms with Crippen LogP contribution in [0, 0.1) is 5.92 Å². The van der Waals surface area contributed by atoms with E-state index >= 15 is 0 Å². The number of halogens is 1. The van der Waals surface area contributed by atoms with E-state index in [0.29, 0.717) is 37.3 Å². The van der Waals surface area contributed by atoms with Gasteiger partial charge in [0.25, 0.3) is 0 Å². The van der Waals surface area contributed by atoms with E-state index in [1.807, 2.05) is 13.0 Å². The van der Waals surface area contributed by atoms with E-state index in [2.05, 4.69) is 12.1 Å². The number of carbonyl (C=O) groups is 3. The molecule has 2 aliphatic rings. The van der Waals surface area contributed by atoms with Gasteiger partial charge >= 0.3 is 0 Å². The standard InChI is InChI=1S/C22H26ClNO5/c1-3-6-13-9-10-15(22(27)20-17(25)7-5-8-18(20)26)21(23)19(13)16-11-14(29-24-16)12-28-4-2/h9-10,14,20H,3-8,11-12H2,1-2H3. The third-order valence-corrected chi connectivity index (χ3v) is 5.69. The van der Waals surface area contributed by atoms with Crippen LogP contribution in [0.15, 0.2) is 17.3 Å². The molecule has 0 amide bonds. The SMILES string of the molecule is CCCc1ccc(C(=O)C2C(=O)CCCC2=O)c(Cl)c1C1=NOC(COCC)C1. The Morgan fingerprint density at radius 2 is 1.97 bits per heavy atom. The topological polar surface area (TPSA) is 82.0 Å². The average Bonchev–Trinajstić information content (AvgIpc) is 3.15. The van der Waals surface area contributed by atoms with Crippen molar-refractivity contribution >= 4 is 34.7 Å². The molecule has 1 aromatic carbocycles. The molecule has 6 nitrogen and oxygen atoms in total. The van der Waals surface area contributed by atoms with E-state index in [4.69, 9.17) is 21.2 Å². The number of aryl methyl sites for hydroxylation is 1. The Morgan fingerprint density at radius 3 is 2.62 bits per heavy atom. The van der Waals surface area contributed by atoms with E-state index in [9.17, 15) is 14.4 Å². The second-order valence-corrected chi connectivity index (χ2v) is 7.80. The quantitative estimate of drug-likeness (QED) is 0.470. The normalized spacial score (nSPS) is 20.0. The number of Topliss-reactive ketones (excluding diaryl/α,β-unsaturated/α-hetero) is 3. The molecule has 156 valence electrons. The lowest BCUT2D eigenvalue weighted by Gasteiger charge is -2.20. The lowest BCUT2D eigenvalue weighted by Crippen LogP contribution is -2.35. The molecule has 0 saturated heterocycles. The number of rotatable bonds is 8. The fraction of sp³-hybridized carbons (Fsp3) is 0.545. The molecule has 1 aliphatic heterocycles. The van der Waals surface area contributed by atoms with Crippen LogP contribution >= 0.6 is 11.6 Å². The van der Waals surface area contributed by atoms with Crippen LogP contribution < -0.4 is 0 Å². The van der Waals surface area contributed by atoms with Crippen molar-refractivity contribution < 1.29 is 24.0 Å². The fourth-order valence-electron chi connectivity index (χ4n) is 3.86. The van der Waals surface area contributed by atoms with Crippen LogP contribution in [0.1, 0.15) is 67.4 Å². The largest absolute Gasteiger partial charge is 0.389 e. The number of hydrogen-bond acceptors (Lipinski definition) is 6. The average molecular weight is 420 g/mol. The summed E-state index contributed by atoms with van der Waals surface area (Å²) in [7, 11) is 0. The monoisotopic (exact) mass is 419 g/mol. The number of hydrogen-bond donors (Lipinski definition) is 0. The predicted octanol–water partition coefficient (Wildman–Crippen LogP) is 3.94. The fourth-order valence-corrected chi connectivity index (χ4v) is 4.25. The minimum atomic E-state index is -1.24. The number of carbonyl (C=O) groups excluding carboxylic acids is 3. The summed E-state index contributed by atoms with van der Waals surface area (Å²) in [5.74, 6) is -2.39. The minimum absolute atomic E-state index is 0.198. The summed E-state index contributed by atoms with van der Waals surface area (Å²) in [5, 5.41) is 4.44. The second-order valence-electron chi connectivity index (χ2n) is 7.42. The summed E-state index contributed by atoms with van der Waals surface area (Å²) in [6.45, 7) is 4.98. The van der Waals surface area contributed by atoms with Gasteiger partial charge in [0.2, 0.25) is 0 Å². The Morgan fingerprint density at radius 1 is 1.24 bits per heavy atom. The summed E-state index contributed by atoms with van der Waals surface area (Å²) in [5.41, 5.74) is 2.51. The van der Waals surface area contributed by atoms with Crippen molar-refractivity contribution in [3.05, 3.63) is 33.8 Å². The minimum Gasteiger partial charge on any atom is -0.389 e. The highest BCUT2D eigenvalue weighted by molar-refractivity contribution is 6.39. The molecule has 1 unspecified atom stereocenters. The molecule has 1 aromatic rings. The van der Waals surface area contributed by atoms with Crippen LogP contribution in [-0.2, 0) is 25.6 Å².